The number of hydrogen-bond acceptors (Lipinski definition) is 5. The zero-order chi connectivity index (χ0) is 18.0. The highest BCUT2D eigenvalue weighted by Crippen LogP contribution is 2.28. The van der Waals surface area contributed by atoms with Gasteiger partial charge in [-0.2, -0.15) is 0 Å². The Morgan fingerprint density at radius 3 is 2.84 bits per heavy atom. The van der Waals surface area contributed by atoms with E-state index in [0.29, 0.717) is 6.54 Å². The van der Waals surface area contributed by atoms with Gasteiger partial charge in [-0.15, -0.1) is 0 Å². The molecule has 1 atom stereocenters. The summed E-state index contributed by atoms with van der Waals surface area (Å²) in [7, 11) is -1.54. The van der Waals surface area contributed by atoms with E-state index in [1.165, 1.54) is 10.6 Å². The van der Waals surface area contributed by atoms with E-state index >= 15 is 0 Å². The number of pyridine rings is 1. The zero-order valence-corrected chi connectivity index (χ0v) is 15.5. The second kappa shape index (κ2) is 7.27. The highest BCUT2D eigenvalue weighted by atomic mass is 32.2. The van der Waals surface area contributed by atoms with Gasteiger partial charge < -0.3 is 10.0 Å². The Kier molecular flexibility index (Phi) is 5.27. The largest absolute Gasteiger partial charge is 0.392 e. The molecular weight excluding hydrogens is 338 g/mol. The molecule has 7 heteroatoms. The fourth-order valence-corrected chi connectivity index (χ4v) is 3.93. The van der Waals surface area contributed by atoms with Crippen molar-refractivity contribution in [1.29, 1.82) is 0 Å². The van der Waals surface area contributed by atoms with Crippen molar-refractivity contribution in [2.24, 2.45) is 5.92 Å². The molecule has 0 amide bonds. The van der Waals surface area contributed by atoms with Gasteiger partial charge in [-0.3, -0.25) is 0 Å². The smallest absolute Gasteiger partial charge is 0.210 e. The molecule has 0 radical (unpaired) electrons. The molecule has 136 valence electrons. The van der Waals surface area contributed by atoms with Gasteiger partial charge in [0.2, 0.25) is 10.0 Å². The number of aliphatic hydroxyl groups is 1. The highest BCUT2D eigenvalue weighted by Gasteiger charge is 2.26. The minimum absolute atomic E-state index is 0.0580. The van der Waals surface area contributed by atoms with Crippen molar-refractivity contribution in [3.05, 3.63) is 35.9 Å². The van der Waals surface area contributed by atoms with Gasteiger partial charge in [0.15, 0.2) is 0 Å². The van der Waals surface area contributed by atoms with Gasteiger partial charge >= 0.3 is 0 Å². The summed E-state index contributed by atoms with van der Waals surface area (Å²) >= 11 is 0. The SMILES string of the molecule is CN(CC1CCCN(c2nc3ccccc3cc2CO)C1)S(C)(=O)=O. The molecule has 1 aliphatic rings. The van der Waals surface area contributed by atoms with Crippen LogP contribution in [0.5, 0.6) is 0 Å². The molecule has 1 aliphatic heterocycles. The van der Waals surface area contributed by atoms with Crippen LogP contribution in [-0.2, 0) is 16.6 Å². The quantitative estimate of drug-likeness (QED) is 0.877. The Balaban J connectivity index is 1.84. The van der Waals surface area contributed by atoms with E-state index in [9.17, 15) is 13.5 Å². The summed E-state index contributed by atoms with van der Waals surface area (Å²) in [4.78, 5) is 6.95. The summed E-state index contributed by atoms with van der Waals surface area (Å²) in [5.41, 5.74) is 1.72. The van der Waals surface area contributed by atoms with E-state index in [4.69, 9.17) is 4.98 Å². The minimum Gasteiger partial charge on any atom is -0.392 e. The molecular formula is C18H25N3O3S. The standard InChI is InChI=1S/C18H25N3O3S/c1-20(25(2,23)24)11-14-6-5-9-21(12-14)18-16(13-22)10-15-7-3-4-8-17(15)19-18/h3-4,7-8,10,14,22H,5-6,9,11-13H2,1-2H3. The molecule has 1 saturated heterocycles. The monoisotopic (exact) mass is 363 g/mol. The van der Waals surface area contributed by atoms with Crippen LogP contribution in [0.1, 0.15) is 18.4 Å². The molecule has 1 aromatic heterocycles. The van der Waals surface area contributed by atoms with Crippen molar-refractivity contribution < 1.29 is 13.5 Å². The molecule has 6 nitrogen and oxygen atoms in total. The summed E-state index contributed by atoms with van der Waals surface area (Å²) in [6.45, 7) is 2.07. The van der Waals surface area contributed by atoms with Gasteiger partial charge in [0.1, 0.15) is 5.82 Å². The maximum Gasteiger partial charge on any atom is 0.210 e. The topological polar surface area (TPSA) is 73.7 Å². The number of aromatic nitrogens is 1. The Bertz CT molecular complexity index is 854. The number of sulfonamides is 1. The molecule has 0 aliphatic carbocycles. The number of piperidine rings is 1. The lowest BCUT2D eigenvalue weighted by molar-refractivity contribution is 0.280. The lowest BCUT2D eigenvalue weighted by atomic mass is 9.97. The first-order chi connectivity index (χ1) is 11.9. The second-order valence-electron chi connectivity index (χ2n) is 6.82. The number of anilines is 1. The van der Waals surface area contributed by atoms with Gasteiger partial charge in [0.25, 0.3) is 0 Å². The Hall–Kier alpha value is -1.70. The van der Waals surface area contributed by atoms with Crippen LogP contribution in [0.15, 0.2) is 30.3 Å². The number of fused-ring (bicyclic) bond motifs is 1. The number of nitrogens with zero attached hydrogens (tertiary/aromatic N) is 3. The van der Waals surface area contributed by atoms with Crippen LogP contribution in [0.25, 0.3) is 10.9 Å². The second-order valence-corrected chi connectivity index (χ2v) is 8.91. The van der Waals surface area contributed by atoms with Crippen molar-refractivity contribution in [3.63, 3.8) is 0 Å². The van der Waals surface area contributed by atoms with Crippen LogP contribution in [-0.4, -0.2) is 55.8 Å². The van der Waals surface area contributed by atoms with Crippen LogP contribution >= 0.6 is 0 Å². The number of para-hydroxylation sites is 1. The fourth-order valence-electron chi connectivity index (χ4n) is 3.45. The maximum atomic E-state index is 11.7. The van der Waals surface area contributed by atoms with Gasteiger partial charge in [-0.1, -0.05) is 18.2 Å². The van der Waals surface area contributed by atoms with Crippen molar-refractivity contribution >= 4 is 26.7 Å². The van der Waals surface area contributed by atoms with Crippen LogP contribution in [0.3, 0.4) is 0 Å². The summed E-state index contributed by atoms with van der Waals surface area (Å²) in [5, 5.41) is 10.8. The van der Waals surface area contributed by atoms with Crippen LogP contribution in [0.4, 0.5) is 5.82 Å². The molecule has 2 aromatic rings. The van der Waals surface area contributed by atoms with E-state index in [1.54, 1.807) is 7.05 Å². The molecule has 0 spiro atoms. The van der Waals surface area contributed by atoms with Gasteiger partial charge in [-0.25, -0.2) is 17.7 Å². The van der Waals surface area contributed by atoms with Crippen molar-refractivity contribution in [2.45, 2.75) is 19.4 Å². The van der Waals surface area contributed by atoms with E-state index < -0.39 is 10.0 Å². The Morgan fingerprint density at radius 2 is 2.12 bits per heavy atom. The third kappa shape index (κ3) is 4.11. The van der Waals surface area contributed by atoms with Crippen molar-refractivity contribution in [1.82, 2.24) is 9.29 Å². The van der Waals surface area contributed by atoms with Crippen molar-refractivity contribution in [3.8, 4) is 0 Å². The maximum absolute atomic E-state index is 11.7. The molecule has 1 N–H and O–H groups in total. The number of aliphatic hydroxyl groups excluding tert-OH is 1. The Morgan fingerprint density at radius 1 is 1.36 bits per heavy atom. The molecule has 0 bridgehead atoms. The fraction of sp³-hybridized carbons (Fsp3) is 0.500. The zero-order valence-electron chi connectivity index (χ0n) is 14.7. The molecule has 25 heavy (non-hydrogen) atoms. The first-order valence-corrected chi connectivity index (χ1v) is 10.4. The lowest BCUT2D eigenvalue weighted by Gasteiger charge is -2.36. The predicted octanol–water partition coefficient (Wildman–Crippen LogP) is 1.83. The van der Waals surface area contributed by atoms with E-state index in [-0.39, 0.29) is 12.5 Å². The summed E-state index contributed by atoms with van der Waals surface area (Å²) in [6.07, 6.45) is 3.22. The Labute approximate surface area is 149 Å². The summed E-state index contributed by atoms with van der Waals surface area (Å²) < 4.78 is 24.8. The third-order valence-corrected chi connectivity index (χ3v) is 6.13. The van der Waals surface area contributed by atoms with E-state index in [2.05, 4.69) is 4.90 Å². The molecule has 1 unspecified atom stereocenters. The predicted molar refractivity (Wildman–Crippen MR) is 100 cm³/mol. The first-order valence-electron chi connectivity index (χ1n) is 8.54. The number of hydrogen-bond donors (Lipinski definition) is 1. The molecule has 1 aromatic carbocycles. The molecule has 2 heterocycles. The van der Waals surface area contributed by atoms with Crippen LogP contribution in [0, 0.1) is 5.92 Å². The van der Waals surface area contributed by atoms with Crippen LogP contribution in [0.2, 0.25) is 0 Å². The normalized spacial score (nSPS) is 18.9. The van der Waals surface area contributed by atoms with E-state index in [0.717, 1.165) is 48.2 Å². The summed E-state index contributed by atoms with van der Waals surface area (Å²) in [6, 6.07) is 9.87. The molecule has 3 rings (SSSR count). The van der Waals surface area contributed by atoms with E-state index in [1.807, 2.05) is 30.3 Å². The molecule has 1 fully saturated rings. The number of rotatable bonds is 5. The first kappa shape index (κ1) is 18.1. The van der Waals surface area contributed by atoms with Gasteiger partial charge in [0, 0.05) is 37.6 Å². The average Bonchev–Trinajstić information content (AvgIpc) is 2.60. The number of benzene rings is 1. The molecule has 0 saturated carbocycles. The third-order valence-electron chi connectivity index (χ3n) is 4.85. The average molecular weight is 363 g/mol. The highest BCUT2D eigenvalue weighted by molar-refractivity contribution is 7.88. The minimum atomic E-state index is -3.17. The van der Waals surface area contributed by atoms with Crippen molar-refractivity contribution in [2.75, 3.05) is 37.8 Å². The lowest BCUT2D eigenvalue weighted by Crippen LogP contribution is -2.42. The van der Waals surface area contributed by atoms with Crippen LogP contribution < -0.4 is 4.90 Å². The summed E-state index contributed by atoms with van der Waals surface area (Å²) in [5.74, 6) is 1.07. The van der Waals surface area contributed by atoms with Gasteiger partial charge in [0.05, 0.1) is 18.4 Å². The van der Waals surface area contributed by atoms with Gasteiger partial charge in [-0.05, 0) is 30.9 Å².